The highest BCUT2D eigenvalue weighted by molar-refractivity contribution is 9.10. The molecule has 8 heteroatoms. The average Bonchev–Trinajstić information content (AvgIpc) is 2.87. The molecule has 2 aromatic carbocycles. The molecule has 1 N–H and O–H groups in total. The predicted octanol–water partition coefficient (Wildman–Crippen LogP) is 5.16. The zero-order valence-electron chi connectivity index (χ0n) is 13.5. The topological polar surface area (TPSA) is 66.8 Å². The van der Waals surface area contributed by atoms with Crippen LogP contribution in [0.3, 0.4) is 0 Å². The summed E-state index contributed by atoms with van der Waals surface area (Å²) in [7, 11) is 1.44. The van der Waals surface area contributed by atoms with Gasteiger partial charge in [-0.05, 0) is 47.7 Å². The number of phenolic OH excluding ortho intramolecular Hbond substituents is 1. The first kappa shape index (κ1) is 19.0. The van der Waals surface area contributed by atoms with Crippen molar-refractivity contribution in [1.29, 1.82) is 0 Å². The molecule has 0 bridgehead atoms. The highest BCUT2D eigenvalue weighted by Gasteiger charge is 2.35. The molecule has 1 aliphatic rings. The van der Waals surface area contributed by atoms with Crippen molar-refractivity contribution in [3.8, 4) is 11.5 Å². The maximum absolute atomic E-state index is 12.6. The molecule has 0 spiro atoms. The molecule has 0 aliphatic carbocycles. The Balaban J connectivity index is 1.88. The number of amides is 2. The van der Waals surface area contributed by atoms with Crippen LogP contribution in [0.15, 0.2) is 50.2 Å². The molecule has 26 heavy (non-hydrogen) atoms. The number of carbonyl (C=O) groups excluding carboxylic acids is 2. The third-order valence-corrected chi connectivity index (χ3v) is 5.60. The van der Waals surface area contributed by atoms with Gasteiger partial charge in [0.25, 0.3) is 11.1 Å². The maximum atomic E-state index is 12.6. The lowest BCUT2D eigenvalue weighted by atomic mass is 10.1. The number of imide groups is 1. The van der Waals surface area contributed by atoms with Crippen molar-refractivity contribution in [2.45, 2.75) is 6.54 Å². The second kappa shape index (κ2) is 7.85. The predicted molar refractivity (Wildman–Crippen MR) is 108 cm³/mol. The van der Waals surface area contributed by atoms with Gasteiger partial charge in [-0.2, -0.15) is 0 Å². The molecule has 3 rings (SSSR count). The second-order valence-corrected chi connectivity index (χ2v) is 8.26. The lowest BCUT2D eigenvalue weighted by molar-refractivity contribution is -0.123. The standard InChI is InChI=1S/C18H13Br2NO4S/c1-25-14-8-13(20)6-11(16(14)22)7-15-17(23)21(18(24)26-15)9-10-2-4-12(19)5-3-10/h2-8,22H,9H2,1H3/b15-7-. The SMILES string of the molecule is COc1cc(Br)cc(/C=C2\SC(=O)N(Cc3ccc(Br)cc3)C2=O)c1O. The smallest absolute Gasteiger partial charge is 0.293 e. The molecule has 0 saturated carbocycles. The van der Waals surface area contributed by atoms with Crippen molar-refractivity contribution in [3.63, 3.8) is 0 Å². The van der Waals surface area contributed by atoms with Gasteiger partial charge >= 0.3 is 0 Å². The van der Waals surface area contributed by atoms with Crippen molar-refractivity contribution >= 4 is 60.8 Å². The van der Waals surface area contributed by atoms with E-state index < -0.39 is 0 Å². The van der Waals surface area contributed by atoms with Gasteiger partial charge in [0.2, 0.25) is 0 Å². The van der Waals surface area contributed by atoms with Gasteiger partial charge in [-0.25, -0.2) is 0 Å². The van der Waals surface area contributed by atoms with Gasteiger partial charge < -0.3 is 9.84 Å². The summed E-state index contributed by atoms with van der Waals surface area (Å²) in [5.74, 6) is -0.198. The molecular formula is C18H13Br2NO4S. The van der Waals surface area contributed by atoms with Crippen LogP contribution >= 0.6 is 43.6 Å². The van der Waals surface area contributed by atoms with Crippen LogP contribution in [0.4, 0.5) is 4.79 Å². The van der Waals surface area contributed by atoms with E-state index in [4.69, 9.17) is 4.74 Å². The Morgan fingerprint density at radius 2 is 1.85 bits per heavy atom. The number of rotatable bonds is 4. The zero-order chi connectivity index (χ0) is 18.8. The molecule has 0 unspecified atom stereocenters. The number of phenols is 1. The first-order valence-corrected chi connectivity index (χ1v) is 9.85. The molecule has 0 atom stereocenters. The monoisotopic (exact) mass is 497 g/mol. The molecule has 2 amide bonds. The Kier molecular flexibility index (Phi) is 5.74. The van der Waals surface area contributed by atoms with Gasteiger partial charge in [0.15, 0.2) is 11.5 Å². The van der Waals surface area contributed by atoms with Gasteiger partial charge in [-0.3, -0.25) is 14.5 Å². The summed E-state index contributed by atoms with van der Waals surface area (Å²) in [4.78, 5) is 26.3. The summed E-state index contributed by atoms with van der Waals surface area (Å²) in [6, 6.07) is 10.7. The van der Waals surface area contributed by atoms with Crippen molar-refractivity contribution in [1.82, 2.24) is 4.90 Å². The van der Waals surface area contributed by atoms with E-state index in [1.165, 1.54) is 18.1 Å². The van der Waals surface area contributed by atoms with Crippen molar-refractivity contribution < 1.29 is 19.4 Å². The van der Waals surface area contributed by atoms with E-state index in [1.54, 1.807) is 12.1 Å². The normalized spacial score (nSPS) is 15.8. The van der Waals surface area contributed by atoms with Crippen molar-refractivity contribution in [2.75, 3.05) is 7.11 Å². The number of aromatic hydroxyl groups is 1. The Hall–Kier alpha value is -1.77. The van der Waals surface area contributed by atoms with E-state index in [1.807, 2.05) is 24.3 Å². The highest BCUT2D eigenvalue weighted by Crippen LogP contribution is 2.39. The summed E-state index contributed by atoms with van der Waals surface area (Å²) < 4.78 is 6.72. The first-order chi connectivity index (χ1) is 12.4. The minimum absolute atomic E-state index is 0.0876. The molecule has 5 nitrogen and oxygen atoms in total. The third kappa shape index (κ3) is 3.97. The average molecular weight is 499 g/mol. The van der Waals surface area contributed by atoms with Crippen LogP contribution in [0.25, 0.3) is 6.08 Å². The number of carbonyl (C=O) groups is 2. The van der Waals surface area contributed by atoms with E-state index in [9.17, 15) is 14.7 Å². The van der Waals surface area contributed by atoms with Crippen LogP contribution in [-0.4, -0.2) is 28.3 Å². The zero-order valence-corrected chi connectivity index (χ0v) is 17.5. The molecule has 1 heterocycles. The van der Waals surface area contributed by atoms with E-state index in [0.29, 0.717) is 10.0 Å². The molecular weight excluding hydrogens is 486 g/mol. The molecule has 1 aliphatic heterocycles. The summed E-state index contributed by atoms with van der Waals surface area (Å²) in [5, 5.41) is 9.90. The van der Waals surface area contributed by atoms with Crippen LogP contribution in [0, 0.1) is 0 Å². The van der Waals surface area contributed by atoms with Crippen LogP contribution in [0.1, 0.15) is 11.1 Å². The third-order valence-electron chi connectivity index (χ3n) is 3.70. The minimum Gasteiger partial charge on any atom is -0.504 e. The number of thioether (sulfide) groups is 1. The van der Waals surface area contributed by atoms with Gasteiger partial charge in [-0.1, -0.05) is 44.0 Å². The Morgan fingerprint density at radius 3 is 2.50 bits per heavy atom. The molecule has 2 aromatic rings. The van der Waals surface area contributed by atoms with E-state index in [0.717, 1.165) is 21.8 Å². The number of nitrogens with zero attached hydrogens (tertiary/aromatic N) is 1. The fraction of sp³-hybridized carbons (Fsp3) is 0.111. The number of hydrogen-bond donors (Lipinski definition) is 1. The van der Waals surface area contributed by atoms with E-state index in [2.05, 4.69) is 31.9 Å². The van der Waals surface area contributed by atoms with Gasteiger partial charge in [0.1, 0.15) is 0 Å². The fourth-order valence-corrected chi connectivity index (χ4v) is 3.96. The molecule has 0 aromatic heterocycles. The van der Waals surface area contributed by atoms with Crippen LogP contribution in [-0.2, 0) is 11.3 Å². The van der Waals surface area contributed by atoms with Gasteiger partial charge in [0, 0.05) is 14.5 Å². The molecule has 1 saturated heterocycles. The summed E-state index contributed by atoms with van der Waals surface area (Å²) >= 11 is 7.54. The minimum atomic E-state index is -0.388. The quantitative estimate of drug-likeness (QED) is 0.589. The Labute approximate surface area is 171 Å². The number of methoxy groups -OCH3 is 1. The summed E-state index contributed by atoms with van der Waals surface area (Å²) in [5.41, 5.74) is 1.24. The van der Waals surface area contributed by atoms with E-state index in [-0.39, 0.29) is 34.1 Å². The second-order valence-electron chi connectivity index (χ2n) is 5.44. The van der Waals surface area contributed by atoms with Crippen LogP contribution in [0.5, 0.6) is 11.5 Å². The number of hydrogen-bond acceptors (Lipinski definition) is 5. The molecule has 0 radical (unpaired) electrons. The van der Waals surface area contributed by atoms with Crippen LogP contribution in [0.2, 0.25) is 0 Å². The highest BCUT2D eigenvalue weighted by atomic mass is 79.9. The maximum Gasteiger partial charge on any atom is 0.293 e. The lowest BCUT2D eigenvalue weighted by Gasteiger charge is -2.12. The van der Waals surface area contributed by atoms with Crippen molar-refractivity contribution in [3.05, 3.63) is 61.4 Å². The number of ether oxygens (including phenoxy) is 1. The Bertz CT molecular complexity index is 912. The lowest BCUT2D eigenvalue weighted by Crippen LogP contribution is -2.27. The van der Waals surface area contributed by atoms with E-state index >= 15 is 0 Å². The fourth-order valence-electron chi connectivity index (χ4n) is 2.41. The van der Waals surface area contributed by atoms with Gasteiger partial charge in [0.05, 0.1) is 18.6 Å². The first-order valence-electron chi connectivity index (χ1n) is 7.45. The number of halogens is 2. The molecule has 134 valence electrons. The summed E-state index contributed by atoms with van der Waals surface area (Å²) in [6.07, 6.45) is 1.50. The number of benzene rings is 2. The summed E-state index contributed by atoms with van der Waals surface area (Å²) in [6.45, 7) is 0.197. The largest absolute Gasteiger partial charge is 0.504 e. The van der Waals surface area contributed by atoms with Crippen LogP contribution < -0.4 is 4.74 Å². The van der Waals surface area contributed by atoms with Crippen molar-refractivity contribution in [2.24, 2.45) is 0 Å². The Morgan fingerprint density at radius 1 is 1.15 bits per heavy atom. The molecule has 1 fully saturated rings. The van der Waals surface area contributed by atoms with Gasteiger partial charge in [-0.15, -0.1) is 0 Å².